The van der Waals surface area contributed by atoms with Crippen molar-refractivity contribution >= 4 is 11.8 Å². The first-order valence-electron chi connectivity index (χ1n) is 10.3. The normalized spacial score (nSPS) is 22.3. The number of benzene rings is 2. The Hall–Kier alpha value is -2.62. The largest absolute Gasteiger partial charge is 0.370 e. The fraction of sp³-hybridized carbons (Fsp3) is 0.417. The van der Waals surface area contributed by atoms with Gasteiger partial charge in [0.2, 0.25) is 11.8 Å². The van der Waals surface area contributed by atoms with Gasteiger partial charge in [0.05, 0.1) is 5.41 Å². The van der Waals surface area contributed by atoms with Gasteiger partial charge in [0, 0.05) is 6.42 Å². The summed E-state index contributed by atoms with van der Waals surface area (Å²) in [5.41, 5.74) is 16.1. The maximum atomic E-state index is 13.2. The van der Waals surface area contributed by atoms with Crippen molar-refractivity contribution in [3.05, 3.63) is 70.8 Å². The predicted octanol–water partition coefficient (Wildman–Crippen LogP) is 3.57. The van der Waals surface area contributed by atoms with Gasteiger partial charge in [0.1, 0.15) is 0 Å². The number of carbonyl (C=O) groups excluding carboxylic acids is 2. The van der Waals surface area contributed by atoms with E-state index in [1.54, 1.807) is 0 Å². The molecular weight excluding hydrogens is 348 g/mol. The summed E-state index contributed by atoms with van der Waals surface area (Å²) >= 11 is 0. The van der Waals surface area contributed by atoms with Crippen LogP contribution in [0.2, 0.25) is 0 Å². The van der Waals surface area contributed by atoms with E-state index < -0.39 is 5.41 Å². The first kappa shape index (κ1) is 18.7. The number of hydrogen-bond acceptors (Lipinski definition) is 2. The van der Waals surface area contributed by atoms with Gasteiger partial charge in [-0.05, 0) is 72.6 Å². The van der Waals surface area contributed by atoms with Gasteiger partial charge >= 0.3 is 0 Å². The molecule has 0 fully saturated rings. The number of fused-ring (bicyclic) bond motifs is 2. The van der Waals surface area contributed by atoms with Crippen LogP contribution >= 0.6 is 0 Å². The average Bonchev–Trinajstić information content (AvgIpc) is 3.30. The van der Waals surface area contributed by atoms with E-state index in [0.717, 1.165) is 25.7 Å². The molecule has 146 valence electrons. The van der Waals surface area contributed by atoms with Crippen molar-refractivity contribution < 1.29 is 9.59 Å². The number of carbonyl (C=O) groups is 2. The van der Waals surface area contributed by atoms with Crippen molar-refractivity contribution in [1.82, 2.24) is 0 Å². The van der Waals surface area contributed by atoms with Crippen LogP contribution in [-0.2, 0) is 22.4 Å². The lowest BCUT2D eigenvalue weighted by Gasteiger charge is -2.42. The lowest BCUT2D eigenvalue weighted by atomic mass is 9.60. The molecule has 4 heteroatoms. The van der Waals surface area contributed by atoms with E-state index in [2.05, 4.69) is 48.5 Å². The highest BCUT2D eigenvalue weighted by Gasteiger charge is 2.53. The zero-order valence-electron chi connectivity index (χ0n) is 16.2. The third-order valence-corrected chi connectivity index (χ3v) is 6.98. The molecule has 4 N–H and O–H groups in total. The highest BCUT2D eigenvalue weighted by atomic mass is 16.1. The third kappa shape index (κ3) is 3.01. The van der Waals surface area contributed by atoms with Gasteiger partial charge in [-0.1, -0.05) is 48.5 Å². The lowest BCUT2D eigenvalue weighted by Crippen LogP contribution is -2.46. The number of rotatable bonds is 7. The van der Waals surface area contributed by atoms with Crippen LogP contribution in [0.5, 0.6) is 0 Å². The number of amides is 2. The van der Waals surface area contributed by atoms with E-state index in [0.29, 0.717) is 12.8 Å². The molecule has 0 bridgehead atoms. The standard InChI is InChI=1S/C24H28N2O2/c25-22(27)10-5-15-24(23(26)28,20-13-11-16-6-1-3-8-18(16)20)21-14-12-17-7-2-4-9-19(17)21/h1-4,6-9,20-21H,5,10-15H2,(H2,25,27)(H2,26,28). The van der Waals surface area contributed by atoms with Crippen LogP contribution in [0.25, 0.3) is 0 Å². The molecule has 28 heavy (non-hydrogen) atoms. The van der Waals surface area contributed by atoms with Crippen molar-refractivity contribution in [1.29, 1.82) is 0 Å². The van der Waals surface area contributed by atoms with Crippen molar-refractivity contribution in [3.63, 3.8) is 0 Å². The van der Waals surface area contributed by atoms with E-state index in [4.69, 9.17) is 11.5 Å². The molecule has 0 aromatic heterocycles. The van der Waals surface area contributed by atoms with Crippen LogP contribution in [0.15, 0.2) is 48.5 Å². The molecule has 0 aliphatic heterocycles. The molecule has 4 nitrogen and oxygen atoms in total. The minimum atomic E-state index is -0.686. The third-order valence-electron chi connectivity index (χ3n) is 6.98. The highest BCUT2D eigenvalue weighted by Crippen LogP contribution is 2.58. The molecule has 0 spiro atoms. The van der Waals surface area contributed by atoms with Gasteiger partial charge in [-0.3, -0.25) is 9.59 Å². The lowest BCUT2D eigenvalue weighted by molar-refractivity contribution is -0.132. The van der Waals surface area contributed by atoms with Gasteiger partial charge in [0.25, 0.3) is 0 Å². The Bertz CT molecular complexity index is 849. The summed E-state index contributed by atoms with van der Waals surface area (Å²) < 4.78 is 0. The summed E-state index contributed by atoms with van der Waals surface area (Å²) in [4.78, 5) is 24.6. The molecule has 2 atom stereocenters. The van der Waals surface area contributed by atoms with Crippen LogP contribution in [0.1, 0.15) is 66.2 Å². The number of primary amides is 2. The molecule has 2 aliphatic rings. The molecular formula is C24H28N2O2. The molecule has 2 amide bonds. The molecule has 4 rings (SSSR count). The van der Waals surface area contributed by atoms with Crippen LogP contribution in [0, 0.1) is 5.41 Å². The number of aryl methyl sites for hydroxylation is 2. The molecule has 2 aromatic carbocycles. The average molecular weight is 377 g/mol. The second-order valence-electron chi connectivity index (χ2n) is 8.30. The minimum Gasteiger partial charge on any atom is -0.370 e. The molecule has 0 saturated heterocycles. The maximum absolute atomic E-state index is 13.2. The second-order valence-corrected chi connectivity index (χ2v) is 8.30. The SMILES string of the molecule is NC(=O)CCCC(C(N)=O)(C1CCc2ccccc21)C1CCc2ccccc21. The molecule has 0 saturated carbocycles. The van der Waals surface area contributed by atoms with E-state index in [9.17, 15) is 9.59 Å². The Morgan fingerprint density at radius 1 is 0.857 bits per heavy atom. The summed E-state index contributed by atoms with van der Waals surface area (Å²) in [6.45, 7) is 0. The van der Waals surface area contributed by atoms with Crippen LogP contribution in [-0.4, -0.2) is 11.8 Å². The summed E-state index contributed by atoms with van der Waals surface area (Å²) in [5.74, 6) is -0.382. The van der Waals surface area contributed by atoms with E-state index in [1.165, 1.54) is 22.3 Å². The van der Waals surface area contributed by atoms with Crippen molar-refractivity contribution in [3.8, 4) is 0 Å². The first-order valence-corrected chi connectivity index (χ1v) is 10.3. The van der Waals surface area contributed by atoms with Crippen LogP contribution in [0.3, 0.4) is 0 Å². The summed E-state index contributed by atoms with van der Waals surface area (Å²) in [6.07, 6.45) is 5.28. The molecule has 0 heterocycles. The second kappa shape index (κ2) is 7.42. The van der Waals surface area contributed by atoms with Crippen LogP contribution < -0.4 is 11.5 Å². The van der Waals surface area contributed by atoms with Gasteiger partial charge < -0.3 is 11.5 Å². The first-order chi connectivity index (χ1) is 13.5. The Morgan fingerprint density at radius 3 is 1.82 bits per heavy atom. The maximum Gasteiger partial charge on any atom is 0.224 e. The van der Waals surface area contributed by atoms with E-state index in [1.807, 2.05) is 0 Å². The minimum absolute atomic E-state index is 0.0882. The zero-order valence-corrected chi connectivity index (χ0v) is 16.2. The van der Waals surface area contributed by atoms with Crippen molar-refractivity contribution in [2.45, 2.75) is 56.8 Å². The van der Waals surface area contributed by atoms with E-state index in [-0.39, 0.29) is 30.1 Å². The highest BCUT2D eigenvalue weighted by molar-refractivity contribution is 5.84. The summed E-state index contributed by atoms with van der Waals surface area (Å²) in [5, 5.41) is 0. The summed E-state index contributed by atoms with van der Waals surface area (Å²) in [6, 6.07) is 16.8. The van der Waals surface area contributed by atoms with Crippen molar-refractivity contribution in [2.75, 3.05) is 0 Å². The topological polar surface area (TPSA) is 86.2 Å². The Morgan fingerprint density at radius 2 is 1.36 bits per heavy atom. The predicted molar refractivity (Wildman–Crippen MR) is 110 cm³/mol. The zero-order chi connectivity index (χ0) is 19.7. The van der Waals surface area contributed by atoms with Gasteiger partial charge in [-0.2, -0.15) is 0 Å². The molecule has 2 aromatic rings. The smallest absolute Gasteiger partial charge is 0.224 e. The number of nitrogens with two attached hydrogens (primary N) is 2. The Kier molecular flexibility index (Phi) is 4.96. The fourth-order valence-corrected chi connectivity index (χ4v) is 5.80. The Balaban J connectivity index is 1.81. The van der Waals surface area contributed by atoms with Crippen molar-refractivity contribution in [2.24, 2.45) is 16.9 Å². The quantitative estimate of drug-likeness (QED) is 0.774. The molecule has 2 aliphatic carbocycles. The van der Waals surface area contributed by atoms with Gasteiger partial charge in [-0.25, -0.2) is 0 Å². The van der Waals surface area contributed by atoms with Crippen LogP contribution in [0.4, 0.5) is 0 Å². The van der Waals surface area contributed by atoms with Gasteiger partial charge in [-0.15, -0.1) is 0 Å². The monoisotopic (exact) mass is 376 g/mol. The molecule has 0 radical (unpaired) electrons. The fourth-order valence-electron chi connectivity index (χ4n) is 5.80. The van der Waals surface area contributed by atoms with E-state index >= 15 is 0 Å². The summed E-state index contributed by atoms with van der Waals surface area (Å²) in [7, 11) is 0. The molecule has 2 unspecified atom stereocenters. The number of hydrogen-bond donors (Lipinski definition) is 2. The van der Waals surface area contributed by atoms with Gasteiger partial charge in [0.15, 0.2) is 0 Å². The Labute approximate surface area is 166 Å².